The highest BCUT2D eigenvalue weighted by molar-refractivity contribution is 7.20. The summed E-state index contributed by atoms with van der Waals surface area (Å²) in [4.78, 5) is 13.7. The first kappa shape index (κ1) is 19.6. The molecule has 1 amide bonds. The van der Waals surface area contributed by atoms with Crippen LogP contribution in [-0.2, 0) is 4.79 Å². The molecule has 0 aliphatic carbocycles. The summed E-state index contributed by atoms with van der Waals surface area (Å²) in [6, 6.07) is 22.2. The maximum Gasteiger partial charge on any atom is 0.270 e. The maximum absolute atomic E-state index is 14.0. The summed E-state index contributed by atoms with van der Waals surface area (Å²) >= 11 is 1.38. The standard InChI is InChI=1S/C23H18FN3O2S/c24-16-9-4-5-10-17(16)27-23(28)21(14-7-2-1-3-8-14)29-18-11-6-12-19-15(18)13-20(30-19)22(25)26/h1-13,21H,(H3,25,26)(H,27,28). The van der Waals surface area contributed by atoms with Crippen LogP contribution in [0.25, 0.3) is 10.1 Å². The number of amidine groups is 1. The fourth-order valence-electron chi connectivity index (χ4n) is 3.06. The van der Waals surface area contributed by atoms with E-state index in [-0.39, 0.29) is 11.5 Å². The summed E-state index contributed by atoms with van der Waals surface area (Å²) in [6.07, 6.45) is -1.00. The number of fused-ring (bicyclic) bond motifs is 1. The van der Waals surface area contributed by atoms with E-state index in [0.717, 1.165) is 10.1 Å². The molecule has 4 aromatic rings. The third-order valence-electron chi connectivity index (χ3n) is 4.50. The predicted molar refractivity (Wildman–Crippen MR) is 118 cm³/mol. The molecule has 1 unspecified atom stereocenters. The molecule has 0 spiro atoms. The van der Waals surface area contributed by atoms with Crippen LogP contribution >= 0.6 is 11.3 Å². The Bertz CT molecular complexity index is 1220. The molecule has 1 aromatic heterocycles. The molecule has 0 saturated heterocycles. The van der Waals surface area contributed by atoms with E-state index in [9.17, 15) is 9.18 Å². The summed E-state index contributed by atoms with van der Waals surface area (Å²) in [5.41, 5.74) is 6.33. The van der Waals surface area contributed by atoms with Crippen LogP contribution < -0.4 is 15.8 Å². The molecule has 1 heterocycles. The number of carbonyl (C=O) groups is 1. The van der Waals surface area contributed by atoms with E-state index in [0.29, 0.717) is 16.2 Å². The number of nitrogens with two attached hydrogens (primary N) is 1. The first-order valence-corrected chi connectivity index (χ1v) is 9.98. The molecule has 0 fully saturated rings. The lowest BCUT2D eigenvalue weighted by molar-refractivity contribution is -0.123. The highest BCUT2D eigenvalue weighted by Crippen LogP contribution is 2.35. The fraction of sp³-hybridized carbons (Fsp3) is 0.0435. The van der Waals surface area contributed by atoms with E-state index in [1.807, 2.05) is 18.2 Å². The second-order valence-corrected chi connectivity index (χ2v) is 7.65. The molecule has 30 heavy (non-hydrogen) atoms. The Kier molecular flexibility index (Phi) is 5.45. The fourth-order valence-corrected chi connectivity index (χ4v) is 4.00. The van der Waals surface area contributed by atoms with Crippen molar-refractivity contribution < 1.29 is 13.9 Å². The minimum atomic E-state index is -1.00. The van der Waals surface area contributed by atoms with Crippen molar-refractivity contribution in [1.82, 2.24) is 0 Å². The lowest BCUT2D eigenvalue weighted by Crippen LogP contribution is -2.26. The van der Waals surface area contributed by atoms with Crippen molar-refractivity contribution in [3.05, 3.63) is 95.1 Å². The molecule has 0 saturated carbocycles. The molecule has 7 heteroatoms. The third-order valence-corrected chi connectivity index (χ3v) is 5.64. The van der Waals surface area contributed by atoms with Crippen molar-refractivity contribution in [2.45, 2.75) is 6.10 Å². The number of nitrogen functional groups attached to an aromatic ring is 1. The van der Waals surface area contributed by atoms with Crippen LogP contribution in [-0.4, -0.2) is 11.7 Å². The minimum absolute atomic E-state index is 0.0287. The molecular weight excluding hydrogens is 401 g/mol. The summed E-state index contributed by atoms with van der Waals surface area (Å²) in [5, 5.41) is 11.0. The normalized spacial score (nSPS) is 11.8. The molecule has 0 aliphatic heterocycles. The minimum Gasteiger partial charge on any atom is -0.475 e. The Labute approximate surface area is 176 Å². The first-order valence-electron chi connectivity index (χ1n) is 9.17. The van der Waals surface area contributed by atoms with Gasteiger partial charge in [0.15, 0.2) is 0 Å². The van der Waals surface area contributed by atoms with Crippen molar-refractivity contribution in [2.24, 2.45) is 5.73 Å². The zero-order valence-electron chi connectivity index (χ0n) is 15.8. The monoisotopic (exact) mass is 419 g/mol. The largest absolute Gasteiger partial charge is 0.475 e. The molecule has 3 aromatic carbocycles. The number of amides is 1. The number of halogens is 1. The van der Waals surface area contributed by atoms with Crippen molar-refractivity contribution in [3.63, 3.8) is 0 Å². The molecule has 4 N–H and O–H groups in total. The Balaban J connectivity index is 1.71. The summed E-state index contributed by atoms with van der Waals surface area (Å²) in [5.74, 6) is -0.568. The SMILES string of the molecule is N=C(N)c1cc2c(OC(C(=O)Nc3ccccc3F)c3ccccc3)cccc2s1. The molecular formula is C23H18FN3O2S. The number of rotatable bonds is 6. The number of carbonyl (C=O) groups excluding carboxylic acids is 1. The molecule has 5 nitrogen and oxygen atoms in total. The number of ether oxygens (including phenoxy) is 1. The van der Waals surface area contributed by atoms with Gasteiger partial charge in [-0.1, -0.05) is 48.5 Å². The number of anilines is 1. The van der Waals surface area contributed by atoms with E-state index in [1.165, 1.54) is 23.5 Å². The van der Waals surface area contributed by atoms with Gasteiger partial charge in [0.05, 0.1) is 10.6 Å². The molecule has 1 atom stereocenters. The predicted octanol–water partition coefficient (Wildman–Crippen LogP) is 5.08. The smallest absolute Gasteiger partial charge is 0.270 e. The van der Waals surface area contributed by atoms with Crippen molar-refractivity contribution in [3.8, 4) is 5.75 Å². The van der Waals surface area contributed by atoms with Crippen LogP contribution in [0.15, 0.2) is 78.9 Å². The molecule has 0 bridgehead atoms. The van der Waals surface area contributed by atoms with Crippen LogP contribution in [0.3, 0.4) is 0 Å². The number of thiophene rings is 1. The van der Waals surface area contributed by atoms with Crippen molar-refractivity contribution >= 4 is 38.9 Å². The average Bonchev–Trinajstić information content (AvgIpc) is 3.20. The summed E-state index contributed by atoms with van der Waals surface area (Å²) in [7, 11) is 0. The van der Waals surface area contributed by atoms with E-state index >= 15 is 0 Å². The van der Waals surface area contributed by atoms with Crippen LogP contribution in [0.1, 0.15) is 16.5 Å². The quantitative estimate of drug-likeness (QED) is 0.301. The van der Waals surface area contributed by atoms with Gasteiger partial charge in [0, 0.05) is 15.6 Å². The van der Waals surface area contributed by atoms with Crippen LogP contribution in [0, 0.1) is 11.2 Å². The Morgan fingerprint density at radius 1 is 1.03 bits per heavy atom. The number of hydrogen-bond donors (Lipinski definition) is 3. The van der Waals surface area contributed by atoms with Gasteiger partial charge in [0.1, 0.15) is 17.4 Å². The number of benzene rings is 3. The van der Waals surface area contributed by atoms with E-state index in [4.69, 9.17) is 15.9 Å². The summed E-state index contributed by atoms with van der Waals surface area (Å²) in [6.45, 7) is 0. The third kappa shape index (κ3) is 4.01. The molecule has 0 radical (unpaired) electrons. The second kappa shape index (κ2) is 8.34. The van der Waals surface area contributed by atoms with Crippen LogP contribution in [0.4, 0.5) is 10.1 Å². The van der Waals surface area contributed by atoms with Gasteiger partial charge in [-0.25, -0.2) is 4.39 Å². The van der Waals surface area contributed by atoms with E-state index in [1.54, 1.807) is 48.5 Å². The van der Waals surface area contributed by atoms with Gasteiger partial charge >= 0.3 is 0 Å². The number of hydrogen-bond acceptors (Lipinski definition) is 4. The van der Waals surface area contributed by atoms with Gasteiger partial charge in [0.2, 0.25) is 6.10 Å². The number of nitrogens with one attached hydrogen (secondary N) is 2. The van der Waals surface area contributed by atoms with Gasteiger partial charge in [0.25, 0.3) is 5.91 Å². The lowest BCUT2D eigenvalue weighted by Gasteiger charge is -2.20. The Morgan fingerprint density at radius 2 is 1.77 bits per heavy atom. The topological polar surface area (TPSA) is 88.2 Å². The average molecular weight is 419 g/mol. The lowest BCUT2D eigenvalue weighted by atomic mass is 10.1. The van der Waals surface area contributed by atoms with Gasteiger partial charge in [-0.3, -0.25) is 10.2 Å². The second-order valence-electron chi connectivity index (χ2n) is 6.57. The maximum atomic E-state index is 14.0. The Hall–Kier alpha value is -3.71. The molecule has 150 valence electrons. The van der Waals surface area contributed by atoms with Gasteiger partial charge in [-0.05, 0) is 30.3 Å². The first-order chi connectivity index (χ1) is 14.5. The van der Waals surface area contributed by atoms with Crippen LogP contribution in [0.2, 0.25) is 0 Å². The number of para-hydroxylation sites is 1. The highest BCUT2D eigenvalue weighted by atomic mass is 32.1. The molecule has 4 rings (SSSR count). The highest BCUT2D eigenvalue weighted by Gasteiger charge is 2.25. The van der Waals surface area contributed by atoms with E-state index < -0.39 is 17.8 Å². The van der Waals surface area contributed by atoms with Gasteiger partial charge in [-0.15, -0.1) is 11.3 Å². The van der Waals surface area contributed by atoms with Crippen molar-refractivity contribution in [2.75, 3.05) is 5.32 Å². The van der Waals surface area contributed by atoms with Gasteiger partial charge in [-0.2, -0.15) is 0 Å². The van der Waals surface area contributed by atoms with Gasteiger partial charge < -0.3 is 15.8 Å². The summed E-state index contributed by atoms with van der Waals surface area (Å²) < 4.78 is 21.1. The zero-order chi connectivity index (χ0) is 21.1. The van der Waals surface area contributed by atoms with E-state index in [2.05, 4.69) is 5.32 Å². The van der Waals surface area contributed by atoms with Crippen LogP contribution in [0.5, 0.6) is 5.75 Å². The molecule has 0 aliphatic rings. The zero-order valence-corrected chi connectivity index (χ0v) is 16.6. The van der Waals surface area contributed by atoms with Crippen molar-refractivity contribution in [1.29, 1.82) is 5.41 Å². The Morgan fingerprint density at radius 3 is 2.50 bits per heavy atom.